The predicted octanol–water partition coefficient (Wildman–Crippen LogP) is 0.866. The molecule has 7 nitrogen and oxygen atoms in total. The van der Waals surface area contributed by atoms with Gasteiger partial charge in [-0.05, 0) is 19.4 Å². The first-order chi connectivity index (χ1) is 14.8. The normalized spacial score (nSPS) is 12.0. The van der Waals surface area contributed by atoms with Crippen molar-refractivity contribution in [3.05, 3.63) is 97.7 Å². The average Bonchev–Trinajstić information content (AvgIpc) is 2.74. The minimum atomic E-state index is -0.623. The lowest BCUT2D eigenvalue weighted by Gasteiger charge is -2.17. The molecule has 1 unspecified atom stereocenters. The molecule has 0 saturated heterocycles. The maximum Gasteiger partial charge on any atom is 0.332 e. The Morgan fingerprint density at radius 3 is 2.23 bits per heavy atom. The first kappa shape index (κ1) is 22.2. The number of aryl methyl sites for hydroxylation is 1. The second-order valence-corrected chi connectivity index (χ2v) is 7.88. The lowest BCUT2D eigenvalue weighted by atomic mass is 10.1. The number of nitrogens with one attached hydrogen (secondary N) is 1. The Bertz CT molecular complexity index is 1180. The van der Waals surface area contributed by atoms with Crippen molar-refractivity contribution < 1.29 is 9.69 Å². The highest BCUT2D eigenvalue weighted by Crippen LogP contribution is 2.09. The lowest BCUT2D eigenvalue weighted by molar-refractivity contribution is -0.884. The third-order valence-electron chi connectivity index (χ3n) is 5.34. The van der Waals surface area contributed by atoms with Gasteiger partial charge in [0.05, 0.1) is 13.6 Å². The third-order valence-corrected chi connectivity index (χ3v) is 5.34. The van der Waals surface area contributed by atoms with Crippen molar-refractivity contribution >= 4 is 11.6 Å². The van der Waals surface area contributed by atoms with E-state index in [9.17, 15) is 14.4 Å². The van der Waals surface area contributed by atoms with E-state index in [1.165, 1.54) is 10.1 Å². The SMILES string of the molecule is CCn1c(=O)c(C(=O)C[NH+](C)Cc2ccc(C)cc2)c(N)n(Cc2ccccc2)c1=O. The summed E-state index contributed by atoms with van der Waals surface area (Å²) in [5.74, 6) is -0.437. The quantitative estimate of drug-likeness (QED) is 0.528. The van der Waals surface area contributed by atoms with Crippen molar-refractivity contribution in [3.63, 3.8) is 0 Å². The number of benzene rings is 2. The van der Waals surface area contributed by atoms with Crippen molar-refractivity contribution in [1.29, 1.82) is 0 Å². The molecule has 1 heterocycles. The van der Waals surface area contributed by atoms with Crippen molar-refractivity contribution in [2.45, 2.75) is 33.5 Å². The number of hydrogen-bond acceptors (Lipinski definition) is 4. The number of hydrogen-bond donors (Lipinski definition) is 2. The Hall–Kier alpha value is -3.45. The predicted molar refractivity (Wildman–Crippen MR) is 122 cm³/mol. The summed E-state index contributed by atoms with van der Waals surface area (Å²) in [6.45, 7) is 4.82. The highest BCUT2D eigenvalue weighted by Gasteiger charge is 2.24. The van der Waals surface area contributed by atoms with Gasteiger partial charge in [0.15, 0.2) is 0 Å². The fourth-order valence-electron chi connectivity index (χ4n) is 3.65. The summed E-state index contributed by atoms with van der Waals surface area (Å²) in [7, 11) is 1.90. The second kappa shape index (κ2) is 9.57. The number of Topliss-reactive ketones (excluding diaryl/α,β-unsaturated/α-hetero) is 1. The van der Waals surface area contributed by atoms with Gasteiger partial charge in [-0.2, -0.15) is 0 Å². The van der Waals surface area contributed by atoms with E-state index < -0.39 is 11.2 Å². The van der Waals surface area contributed by atoms with Crippen LogP contribution in [0.3, 0.4) is 0 Å². The number of nitrogens with two attached hydrogens (primary N) is 1. The van der Waals surface area contributed by atoms with E-state index in [0.717, 1.165) is 20.6 Å². The van der Waals surface area contributed by atoms with E-state index in [1.807, 2.05) is 68.6 Å². The van der Waals surface area contributed by atoms with Gasteiger partial charge >= 0.3 is 5.69 Å². The molecule has 1 aromatic heterocycles. The van der Waals surface area contributed by atoms with Crippen molar-refractivity contribution in [1.82, 2.24) is 9.13 Å². The van der Waals surface area contributed by atoms with Crippen LogP contribution in [-0.4, -0.2) is 28.5 Å². The van der Waals surface area contributed by atoms with Gasteiger partial charge in [-0.3, -0.25) is 18.7 Å². The molecule has 31 heavy (non-hydrogen) atoms. The summed E-state index contributed by atoms with van der Waals surface area (Å²) in [6.07, 6.45) is 0. The molecule has 0 aliphatic carbocycles. The summed E-state index contributed by atoms with van der Waals surface area (Å²) < 4.78 is 2.38. The van der Waals surface area contributed by atoms with Gasteiger partial charge in [-0.15, -0.1) is 0 Å². The number of likely N-dealkylation sites (N-methyl/N-ethyl adjacent to an activating group) is 1. The van der Waals surface area contributed by atoms with Gasteiger partial charge in [0.2, 0.25) is 5.78 Å². The third kappa shape index (κ3) is 5.00. The van der Waals surface area contributed by atoms with Crippen LogP contribution < -0.4 is 21.9 Å². The average molecular weight is 422 g/mol. The number of ketones is 1. The molecule has 0 amide bonds. The minimum Gasteiger partial charge on any atom is -0.384 e. The van der Waals surface area contributed by atoms with Gasteiger partial charge in [-0.25, -0.2) is 4.79 Å². The van der Waals surface area contributed by atoms with Gasteiger partial charge in [0, 0.05) is 12.1 Å². The molecule has 0 saturated carbocycles. The standard InChI is InChI=1S/C24H28N4O3/c1-4-27-23(30)21(20(29)16-26(3)14-19-12-10-17(2)11-13-19)22(25)28(24(27)31)15-18-8-6-5-7-9-18/h5-13H,4,14-16,25H2,1-3H3/p+1. The lowest BCUT2D eigenvalue weighted by Crippen LogP contribution is -3.08. The molecule has 3 N–H and O–H groups in total. The first-order valence-corrected chi connectivity index (χ1v) is 10.4. The van der Waals surface area contributed by atoms with Crippen molar-refractivity contribution in [3.8, 4) is 0 Å². The van der Waals surface area contributed by atoms with E-state index in [2.05, 4.69) is 0 Å². The first-order valence-electron chi connectivity index (χ1n) is 10.4. The summed E-state index contributed by atoms with van der Waals surface area (Å²) in [4.78, 5) is 39.8. The molecule has 7 heteroatoms. The number of aromatic nitrogens is 2. The molecule has 0 fully saturated rings. The van der Waals surface area contributed by atoms with E-state index in [4.69, 9.17) is 5.73 Å². The Balaban J connectivity index is 1.92. The Kier molecular flexibility index (Phi) is 6.87. The molecule has 2 aromatic carbocycles. The number of anilines is 1. The minimum absolute atomic E-state index is 0.0725. The number of quaternary nitrogens is 1. The molecule has 3 rings (SSSR count). The Morgan fingerprint density at radius 2 is 1.61 bits per heavy atom. The fraction of sp³-hybridized carbons (Fsp3) is 0.292. The summed E-state index contributed by atoms with van der Waals surface area (Å²) in [5.41, 5.74) is 8.11. The van der Waals surface area contributed by atoms with Crippen LogP contribution in [0.4, 0.5) is 5.82 Å². The molecular weight excluding hydrogens is 392 g/mol. The van der Waals surface area contributed by atoms with Crippen LogP contribution in [0.1, 0.15) is 34.0 Å². The van der Waals surface area contributed by atoms with Gasteiger partial charge in [-0.1, -0.05) is 60.2 Å². The van der Waals surface area contributed by atoms with Crippen LogP contribution in [0.15, 0.2) is 64.2 Å². The van der Waals surface area contributed by atoms with E-state index >= 15 is 0 Å². The maximum absolute atomic E-state index is 13.1. The molecule has 0 aliphatic heterocycles. The summed E-state index contributed by atoms with van der Waals surface area (Å²) in [5, 5.41) is 0. The highest BCUT2D eigenvalue weighted by molar-refractivity contribution is 6.00. The van der Waals surface area contributed by atoms with Gasteiger partial charge in [0.25, 0.3) is 5.56 Å². The van der Waals surface area contributed by atoms with Crippen LogP contribution in [0.5, 0.6) is 0 Å². The zero-order valence-electron chi connectivity index (χ0n) is 18.2. The second-order valence-electron chi connectivity index (χ2n) is 7.88. The molecule has 0 radical (unpaired) electrons. The number of carbonyl (C=O) groups excluding carboxylic acids is 1. The van der Waals surface area contributed by atoms with Gasteiger partial charge < -0.3 is 10.6 Å². The van der Waals surface area contributed by atoms with Gasteiger partial charge in [0.1, 0.15) is 24.5 Å². The summed E-state index contributed by atoms with van der Waals surface area (Å²) >= 11 is 0. The number of carbonyl (C=O) groups is 1. The molecule has 0 aliphatic rings. The number of nitrogens with zero attached hydrogens (tertiary/aromatic N) is 2. The molecule has 162 valence electrons. The smallest absolute Gasteiger partial charge is 0.332 e. The van der Waals surface area contributed by atoms with E-state index in [-0.39, 0.29) is 36.8 Å². The highest BCUT2D eigenvalue weighted by atomic mass is 16.2. The fourth-order valence-corrected chi connectivity index (χ4v) is 3.65. The van der Waals surface area contributed by atoms with Crippen molar-refractivity contribution in [2.24, 2.45) is 0 Å². The van der Waals surface area contributed by atoms with E-state index in [0.29, 0.717) is 6.54 Å². The maximum atomic E-state index is 13.1. The molecular formula is C24H29N4O3+. The zero-order chi connectivity index (χ0) is 22.5. The number of nitrogen functional groups attached to an aromatic ring is 1. The van der Waals surface area contributed by atoms with E-state index in [1.54, 1.807) is 6.92 Å². The molecule has 0 bridgehead atoms. The van der Waals surface area contributed by atoms with Crippen LogP contribution in [0.25, 0.3) is 0 Å². The zero-order valence-corrected chi connectivity index (χ0v) is 18.2. The van der Waals surface area contributed by atoms with Crippen LogP contribution in [0.2, 0.25) is 0 Å². The molecule has 1 atom stereocenters. The van der Waals surface area contributed by atoms with Crippen molar-refractivity contribution in [2.75, 3.05) is 19.3 Å². The Morgan fingerprint density at radius 1 is 0.968 bits per heavy atom. The number of rotatable bonds is 8. The van der Waals surface area contributed by atoms with Crippen LogP contribution in [0, 0.1) is 6.92 Å². The largest absolute Gasteiger partial charge is 0.384 e. The topological polar surface area (TPSA) is 91.5 Å². The molecule has 3 aromatic rings. The Labute approximate surface area is 181 Å². The monoisotopic (exact) mass is 421 g/mol. The van der Waals surface area contributed by atoms with Crippen LogP contribution in [-0.2, 0) is 19.6 Å². The molecule has 0 spiro atoms. The van der Waals surface area contributed by atoms with Crippen LogP contribution >= 0.6 is 0 Å². The summed E-state index contributed by atoms with van der Waals surface area (Å²) in [6, 6.07) is 17.5.